The minimum atomic E-state index is -0.152. The molecule has 23 heavy (non-hydrogen) atoms. The molecule has 0 aliphatic heterocycles. The van der Waals surface area contributed by atoms with Crippen LogP contribution in [0.3, 0.4) is 0 Å². The van der Waals surface area contributed by atoms with Crippen LogP contribution in [-0.2, 0) is 6.54 Å². The van der Waals surface area contributed by atoms with Crippen LogP contribution < -0.4 is 5.32 Å². The molecule has 0 heterocycles. The van der Waals surface area contributed by atoms with Crippen molar-refractivity contribution >= 4 is 34.1 Å². The highest BCUT2D eigenvalue weighted by Gasteiger charge is 2.11. The predicted octanol–water partition coefficient (Wildman–Crippen LogP) is 5.16. The molecule has 0 spiro atoms. The Morgan fingerprint density at radius 1 is 1.04 bits per heavy atom. The Balaban J connectivity index is 1.75. The fourth-order valence-corrected chi connectivity index (χ4v) is 2.74. The largest absolute Gasteiger partial charge is 0.323 e. The van der Waals surface area contributed by atoms with E-state index in [0.717, 1.165) is 22.0 Å². The predicted molar refractivity (Wildman–Crippen MR) is 95.9 cm³/mol. The molecule has 3 aromatic rings. The number of carbonyl (C=O) groups is 1. The lowest BCUT2D eigenvalue weighted by Gasteiger charge is -2.19. The minimum Gasteiger partial charge on any atom is -0.323 e. The van der Waals surface area contributed by atoms with Crippen LogP contribution in [0.15, 0.2) is 66.7 Å². The number of fused-ring (bicyclic) bond motifs is 1. The van der Waals surface area contributed by atoms with Crippen LogP contribution in [0, 0.1) is 0 Å². The molecule has 0 saturated carbocycles. The van der Waals surface area contributed by atoms with Gasteiger partial charge in [-0.2, -0.15) is 0 Å². The second-order valence-corrected chi connectivity index (χ2v) is 5.88. The van der Waals surface area contributed by atoms with Crippen LogP contribution in [0.5, 0.6) is 0 Å². The summed E-state index contributed by atoms with van der Waals surface area (Å²) >= 11 is 5.98. The van der Waals surface area contributed by atoms with Crippen molar-refractivity contribution < 1.29 is 4.79 Å². The summed E-state index contributed by atoms with van der Waals surface area (Å²) in [5.41, 5.74) is 1.80. The van der Waals surface area contributed by atoms with Gasteiger partial charge in [0.05, 0.1) is 5.69 Å². The summed E-state index contributed by atoms with van der Waals surface area (Å²) in [6.45, 7) is 0.497. The van der Waals surface area contributed by atoms with Crippen LogP contribution in [0.1, 0.15) is 5.56 Å². The molecular formula is C19H17ClN2O. The number of rotatable bonds is 3. The smallest absolute Gasteiger partial charge is 0.321 e. The van der Waals surface area contributed by atoms with Gasteiger partial charge in [0.25, 0.3) is 0 Å². The van der Waals surface area contributed by atoms with Gasteiger partial charge in [0.1, 0.15) is 0 Å². The molecular weight excluding hydrogens is 308 g/mol. The first-order valence-corrected chi connectivity index (χ1v) is 7.75. The van der Waals surface area contributed by atoms with E-state index >= 15 is 0 Å². The molecule has 2 amide bonds. The van der Waals surface area contributed by atoms with Gasteiger partial charge in [0.2, 0.25) is 0 Å². The summed E-state index contributed by atoms with van der Waals surface area (Å²) in [5.74, 6) is 0. The normalized spacial score (nSPS) is 10.5. The Bertz CT molecular complexity index is 842. The summed E-state index contributed by atoms with van der Waals surface area (Å²) in [7, 11) is 1.77. The quantitative estimate of drug-likeness (QED) is 0.709. The number of benzene rings is 3. The summed E-state index contributed by atoms with van der Waals surface area (Å²) in [4.78, 5) is 14.1. The van der Waals surface area contributed by atoms with Crippen molar-refractivity contribution in [2.75, 3.05) is 12.4 Å². The Morgan fingerprint density at radius 2 is 1.78 bits per heavy atom. The second kappa shape index (κ2) is 6.71. The summed E-state index contributed by atoms with van der Waals surface area (Å²) in [6, 6.07) is 21.2. The van der Waals surface area contributed by atoms with E-state index in [1.165, 1.54) is 0 Å². The average Bonchev–Trinajstić information content (AvgIpc) is 2.55. The molecule has 3 nitrogen and oxygen atoms in total. The molecule has 0 saturated heterocycles. The third-order valence-corrected chi connectivity index (χ3v) is 3.92. The number of nitrogens with zero attached hydrogens (tertiary/aromatic N) is 1. The lowest BCUT2D eigenvalue weighted by molar-refractivity contribution is 0.220. The maximum atomic E-state index is 12.4. The van der Waals surface area contributed by atoms with Crippen LogP contribution in [0.4, 0.5) is 10.5 Å². The Kier molecular flexibility index (Phi) is 4.49. The molecule has 3 aromatic carbocycles. The number of hydrogen-bond acceptors (Lipinski definition) is 1. The molecule has 0 bridgehead atoms. The van der Waals surface area contributed by atoms with Gasteiger partial charge in [-0.25, -0.2) is 4.79 Å². The van der Waals surface area contributed by atoms with Crippen molar-refractivity contribution in [3.05, 3.63) is 77.3 Å². The maximum absolute atomic E-state index is 12.4. The highest BCUT2D eigenvalue weighted by molar-refractivity contribution is 6.30. The molecule has 3 rings (SSSR count). The Hall–Kier alpha value is -2.52. The highest BCUT2D eigenvalue weighted by atomic mass is 35.5. The second-order valence-electron chi connectivity index (χ2n) is 5.44. The SMILES string of the molecule is CN(Cc1cccc(Cl)c1)C(=O)Nc1cccc2ccccc12. The molecule has 0 aromatic heterocycles. The number of nitrogens with one attached hydrogen (secondary N) is 1. The number of halogens is 1. The van der Waals surface area contributed by atoms with Crippen LogP contribution in [0.2, 0.25) is 5.02 Å². The summed E-state index contributed by atoms with van der Waals surface area (Å²) in [5, 5.41) is 5.77. The van der Waals surface area contributed by atoms with E-state index in [2.05, 4.69) is 5.32 Å². The Labute approximate surface area is 140 Å². The average molecular weight is 325 g/mol. The molecule has 0 fully saturated rings. The van der Waals surface area contributed by atoms with E-state index in [9.17, 15) is 4.79 Å². The van der Waals surface area contributed by atoms with E-state index < -0.39 is 0 Å². The van der Waals surface area contributed by atoms with Crippen molar-refractivity contribution in [1.29, 1.82) is 0 Å². The van der Waals surface area contributed by atoms with Crippen LogP contribution in [-0.4, -0.2) is 18.0 Å². The van der Waals surface area contributed by atoms with Crippen LogP contribution >= 0.6 is 11.6 Å². The van der Waals surface area contributed by atoms with Gasteiger partial charge < -0.3 is 10.2 Å². The van der Waals surface area contributed by atoms with E-state index in [0.29, 0.717) is 11.6 Å². The molecule has 0 atom stereocenters. The van der Waals surface area contributed by atoms with E-state index in [1.54, 1.807) is 11.9 Å². The zero-order valence-corrected chi connectivity index (χ0v) is 13.5. The van der Waals surface area contributed by atoms with Gasteiger partial charge in [0.15, 0.2) is 0 Å². The molecule has 116 valence electrons. The van der Waals surface area contributed by atoms with Gasteiger partial charge in [-0.05, 0) is 29.1 Å². The molecule has 0 aliphatic carbocycles. The third-order valence-electron chi connectivity index (χ3n) is 3.69. The summed E-state index contributed by atoms with van der Waals surface area (Å²) < 4.78 is 0. The Morgan fingerprint density at radius 3 is 2.61 bits per heavy atom. The molecule has 0 aliphatic rings. The number of hydrogen-bond donors (Lipinski definition) is 1. The molecule has 0 radical (unpaired) electrons. The zero-order valence-electron chi connectivity index (χ0n) is 12.8. The number of amides is 2. The monoisotopic (exact) mass is 324 g/mol. The highest BCUT2D eigenvalue weighted by Crippen LogP contribution is 2.23. The van der Waals surface area contributed by atoms with Crippen molar-refractivity contribution in [2.24, 2.45) is 0 Å². The summed E-state index contributed by atoms with van der Waals surface area (Å²) in [6.07, 6.45) is 0. The maximum Gasteiger partial charge on any atom is 0.321 e. The van der Waals surface area contributed by atoms with Gasteiger partial charge in [0, 0.05) is 24.0 Å². The van der Waals surface area contributed by atoms with Gasteiger partial charge in [-0.15, -0.1) is 0 Å². The zero-order chi connectivity index (χ0) is 16.2. The van der Waals surface area contributed by atoms with Crippen molar-refractivity contribution in [3.8, 4) is 0 Å². The van der Waals surface area contributed by atoms with Gasteiger partial charge in [-0.1, -0.05) is 60.1 Å². The lowest BCUT2D eigenvalue weighted by Crippen LogP contribution is -2.30. The first-order valence-electron chi connectivity index (χ1n) is 7.38. The first kappa shape index (κ1) is 15.4. The first-order chi connectivity index (χ1) is 11.1. The third kappa shape index (κ3) is 3.63. The molecule has 1 N–H and O–H groups in total. The number of urea groups is 1. The van der Waals surface area contributed by atoms with E-state index in [-0.39, 0.29) is 6.03 Å². The number of carbonyl (C=O) groups excluding carboxylic acids is 1. The van der Waals surface area contributed by atoms with Gasteiger partial charge >= 0.3 is 6.03 Å². The number of anilines is 1. The van der Waals surface area contributed by atoms with E-state index in [4.69, 9.17) is 11.6 Å². The van der Waals surface area contributed by atoms with Crippen LogP contribution in [0.25, 0.3) is 10.8 Å². The lowest BCUT2D eigenvalue weighted by atomic mass is 10.1. The molecule has 0 unspecified atom stereocenters. The van der Waals surface area contributed by atoms with Gasteiger partial charge in [-0.3, -0.25) is 0 Å². The standard InChI is InChI=1S/C19H17ClN2O/c1-22(13-14-6-4-9-16(20)12-14)19(23)21-18-11-5-8-15-7-2-3-10-17(15)18/h2-12H,13H2,1H3,(H,21,23). The minimum absolute atomic E-state index is 0.152. The fraction of sp³-hybridized carbons (Fsp3) is 0.105. The van der Waals surface area contributed by atoms with Crippen molar-refractivity contribution in [2.45, 2.75) is 6.54 Å². The fourth-order valence-electron chi connectivity index (χ4n) is 2.53. The molecule has 4 heteroatoms. The van der Waals surface area contributed by atoms with Crippen molar-refractivity contribution in [3.63, 3.8) is 0 Å². The topological polar surface area (TPSA) is 32.3 Å². The van der Waals surface area contributed by atoms with E-state index in [1.807, 2.05) is 66.7 Å². The van der Waals surface area contributed by atoms with Crippen molar-refractivity contribution in [1.82, 2.24) is 4.90 Å².